The lowest BCUT2D eigenvalue weighted by molar-refractivity contribution is -0.134. The van der Waals surface area contributed by atoms with Gasteiger partial charge in [-0.15, -0.1) is 0 Å². The molecule has 0 radical (unpaired) electrons. The van der Waals surface area contributed by atoms with Crippen molar-refractivity contribution < 1.29 is 14.3 Å². The van der Waals surface area contributed by atoms with Crippen molar-refractivity contribution in [2.24, 2.45) is 5.92 Å². The first-order valence-electron chi connectivity index (χ1n) is 17.4. The van der Waals surface area contributed by atoms with Gasteiger partial charge in [0.2, 0.25) is 5.91 Å². The standard InChI is InChI=1S/C37H54N4O3/c1-29(2)27-35(38-37(43)40-23-11-3-4-12-24-40)36(42)39-25-21-33(22-26-39)41(31-15-9-6-10-16-31)32-17-19-34(20-18-32)44-28-30-13-7-5-8-14-30/h5,7-8,13-14,17-20,29,31,33,35H,3-4,6,9-12,15-16,21-28H2,1-2H3,(H,38,43). The summed E-state index contributed by atoms with van der Waals surface area (Å²) in [5, 5.41) is 3.15. The van der Waals surface area contributed by atoms with Gasteiger partial charge in [0.1, 0.15) is 18.4 Å². The van der Waals surface area contributed by atoms with E-state index in [1.807, 2.05) is 28.0 Å². The summed E-state index contributed by atoms with van der Waals surface area (Å²) in [6, 6.07) is 19.4. The highest BCUT2D eigenvalue weighted by Gasteiger charge is 2.35. The number of ether oxygens (including phenoxy) is 1. The van der Waals surface area contributed by atoms with Gasteiger partial charge in [0, 0.05) is 44.0 Å². The fourth-order valence-electron chi connectivity index (χ4n) is 7.33. The lowest BCUT2D eigenvalue weighted by Crippen LogP contribution is -2.56. The van der Waals surface area contributed by atoms with Crippen molar-refractivity contribution in [3.8, 4) is 5.75 Å². The van der Waals surface area contributed by atoms with Crippen molar-refractivity contribution in [2.45, 2.75) is 116 Å². The first-order chi connectivity index (χ1) is 21.5. The van der Waals surface area contributed by atoms with Crippen LogP contribution in [0.4, 0.5) is 10.5 Å². The zero-order chi connectivity index (χ0) is 30.7. The molecule has 5 rings (SSSR count). The second-order valence-electron chi connectivity index (χ2n) is 13.6. The summed E-state index contributed by atoms with van der Waals surface area (Å²) in [4.78, 5) is 33.6. The summed E-state index contributed by atoms with van der Waals surface area (Å²) < 4.78 is 6.08. The Balaban J connectivity index is 1.22. The van der Waals surface area contributed by atoms with Gasteiger partial charge in [-0.2, -0.15) is 0 Å². The van der Waals surface area contributed by atoms with Gasteiger partial charge in [-0.25, -0.2) is 4.79 Å². The van der Waals surface area contributed by atoms with E-state index in [4.69, 9.17) is 4.74 Å². The fraction of sp³-hybridized carbons (Fsp3) is 0.622. The molecule has 3 fully saturated rings. The Bertz CT molecular complexity index is 1150. The Morgan fingerprint density at radius 2 is 1.39 bits per heavy atom. The van der Waals surface area contributed by atoms with Gasteiger partial charge in [-0.1, -0.05) is 76.3 Å². The zero-order valence-corrected chi connectivity index (χ0v) is 27.1. The third-order valence-electron chi connectivity index (χ3n) is 9.72. The van der Waals surface area contributed by atoms with E-state index < -0.39 is 6.04 Å². The van der Waals surface area contributed by atoms with Crippen molar-refractivity contribution in [1.29, 1.82) is 0 Å². The molecule has 2 aromatic rings. The van der Waals surface area contributed by atoms with Crippen LogP contribution in [-0.2, 0) is 11.4 Å². The van der Waals surface area contributed by atoms with Crippen LogP contribution in [0.1, 0.15) is 96.5 Å². The fourth-order valence-corrected chi connectivity index (χ4v) is 7.33. The van der Waals surface area contributed by atoms with Crippen LogP contribution >= 0.6 is 0 Å². The highest BCUT2D eigenvalue weighted by atomic mass is 16.5. The summed E-state index contributed by atoms with van der Waals surface area (Å²) in [6.07, 6.45) is 13.4. The molecule has 2 aromatic carbocycles. The normalized spacial score (nSPS) is 19.3. The molecule has 2 saturated heterocycles. The number of urea groups is 1. The Morgan fingerprint density at radius 3 is 2.02 bits per heavy atom. The second-order valence-corrected chi connectivity index (χ2v) is 13.6. The number of anilines is 1. The van der Waals surface area contributed by atoms with E-state index in [0.717, 1.165) is 57.6 Å². The molecule has 2 heterocycles. The van der Waals surface area contributed by atoms with E-state index in [0.29, 0.717) is 31.0 Å². The number of rotatable bonds is 10. The predicted molar refractivity (Wildman–Crippen MR) is 178 cm³/mol. The van der Waals surface area contributed by atoms with Gasteiger partial charge < -0.3 is 24.8 Å². The number of hydrogen-bond donors (Lipinski definition) is 1. The number of carbonyl (C=O) groups is 2. The third kappa shape index (κ3) is 8.92. The van der Waals surface area contributed by atoms with Crippen LogP contribution in [0, 0.1) is 5.92 Å². The number of nitrogens with one attached hydrogen (secondary N) is 1. The topological polar surface area (TPSA) is 65.1 Å². The Morgan fingerprint density at radius 1 is 0.773 bits per heavy atom. The van der Waals surface area contributed by atoms with E-state index in [1.165, 1.54) is 56.2 Å². The maximum absolute atomic E-state index is 13.8. The lowest BCUT2D eigenvalue weighted by atomic mass is 9.90. The molecule has 1 unspecified atom stereocenters. The maximum Gasteiger partial charge on any atom is 0.318 e. The van der Waals surface area contributed by atoms with E-state index in [1.54, 1.807) is 0 Å². The first kappa shape index (κ1) is 32.2. The second kappa shape index (κ2) is 16.2. The third-order valence-corrected chi connectivity index (χ3v) is 9.72. The average Bonchev–Trinajstić information content (AvgIpc) is 3.35. The smallest absolute Gasteiger partial charge is 0.318 e. The molecular weight excluding hydrogens is 548 g/mol. The van der Waals surface area contributed by atoms with Crippen LogP contribution in [0.15, 0.2) is 54.6 Å². The zero-order valence-electron chi connectivity index (χ0n) is 27.1. The summed E-state index contributed by atoms with van der Waals surface area (Å²) in [7, 11) is 0. The predicted octanol–water partition coefficient (Wildman–Crippen LogP) is 7.40. The van der Waals surface area contributed by atoms with Crippen LogP contribution in [0.3, 0.4) is 0 Å². The van der Waals surface area contributed by atoms with E-state index in [2.05, 4.69) is 60.5 Å². The minimum absolute atomic E-state index is 0.0690. The molecule has 1 aliphatic carbocycles. The van der Waals surface area contributed by atoms with Crippen LogP contribution in [0.5, 0.6) is 5.75 Å². The van der Waals surface area contributed by atoms with Crippen LogP contribution in [0.25, 0.3) is 0 Å². The molecule has 0 spiro atoms. The SMILES string of the molecule is CC(C)CC(NC(=O)N1CCCCCC1)C(=O)N1CCC(N(c2ccc(OCc3ccccc3)cc2)C2CCCCC2)CC1. The largest absolute Gasteiger partial charge is 0.489 e. The Labute approximate surface area is 265 Å². The molecule has 44 heavy (non-hydrogen) atoms. The van der Waals surface area contributed by atoms with Gasteiger partial charge in [-0.05, 0) is 80.7 Å². The van der Waals surface area contributed by atoms with Gasteiger partial charge >= 0.3 is 6.03 Å². The summed E-state index contributed by atoms with van der Waals surface area (Å²) in [5.74, 6) is 1.30. The van der Waals surface area contributed by atoms with E-state index in [-0.39, 0.29) is 11.9 Å². The molecule has 0 aromatic heterocycles. The van der Waals surface area contributed by atoms with Crippen LogP contribution in [-0.4, -0.2) is 66.0 Å². The van der Waals surface area contributed by atoms with Crippen molar-refractivity contribution >= 4 is 17.6 Å². The van der Waals surface area contributed by atoms with Crippen molar-refractivity contribution in [3.05, 3.63) is 60.2 Å². The molecule has 2 aliphatic heterocycles. The van der Waals surface area contributed by atoms with Crippen molar-refractivity contribution in [2.75, 3.05) is 31.1 Å². The molecule has 3 aliphatic rings. The van der Waals surface area contributed by atoms with Gasteiger partial charge in [0.15, 0.2) is 0 Å². The number of amides is 3. The van der Waals surface area contributed by atoms with Crippen LogP contribution < -0.4 is 15.0 Å². The number of likely N-dealkylation sites (tertiary alicyclic amines) is 2. The van der Waals surface area contributed by atoms with Gasteiger partial charge in [0.05, 0.1) is 0 Å². The number of hydrogen-bond acceptors (Lipinski definition) is 4. The van der Waals surface area contributed by atoms with E-state index >= 15 is 0 Å². The molecule has 0 bridgehead atoms. The minimum atomic E-state index is -0.458. The van der Waals surface area contributed by atoms with Gasteiger partial charge in [0.25, 0.3) is 0 Å². The quantitative estimate of drug-likeness (QED) is 0.308. The molecule has 1 atom stereocenters. The molecule has 3 amide bonds. The molecule has 7 heteroatoms. The molecule has 1 N–H and O–H groups in total. The number of nitrogens with zero attached hydrogens (tertiary/aromatic N) is 3. The monoisotopic (exact) mass is 602 g/mol. The Hall–Kier alpha value is -3.22. The highest BCUT2D eigenvalue weighted by Crippen LogP contribution is 2.34. The number of piperidine rings is 1. The average molecular weight is 603 g/mol. The number of carbonyl (C=O) groups excluding carboxylic acids is 2. The maximum atomic E-state index is 13.8. The molecule has 240 valence electrons. The first-order valence-corrected chi connectivity index (χ1v) is 17.4. The molecular formula is C37H54N4O3. The van der Waals surface area contributed by atoms with E-state index in [9.17, 15) is 9.59 Å². The van der Waals surface area contributed by atoms with Crippen molar-refractivity contribution in [1.82, 2.24) is 15.1 Å². The highest BCUT2D eigenvalue weighted by molar-refractivity contribution is 5.87. The summed E-state index contributed by atoms with van der Waals surface area (Å²) >= 11 is 0. The van der Waals surface area contributed by atoms with Gasteiger partial charge in [-0.3, -0.25) is 4.79 Å². The summed E-state index contributed by atoms with van der Waals surface area (Å²) in [5.41, 5.74) is 2.43. The Kier molecular flexibility index (Phi) is 11.8. The molecule has 7 nitrogen and oxygen atoms in total. The summed E-state index contributed by atoms with van der Waals surface area (Å²) in [6.45, 7) is 7.87. The minimum Gasteiger partial charge on any atom is -0.489 e. The molecule has 1 saturated carbocycles. The number of benzene rings is 2. The van der Waals surface area contributed by atoms with Crippen LogP contribution in [0.2, 0.25) is 0 Å². The lowest BCUT2D eigenvalue weighted by Gasteiger charge is -2.45. The van der Waals surface area contributed by atoms with Crippen molar-refractivity contribution in [3.63, 3.8) is 0 Å².